The Bertz CT molecular complexity index is 1720. The summed E-state index contributed by atoms with van der Waals surface area (Å²) in [5.41, 5.74) is 0. The highest BCUT2D eigenvalue weighted by molar-refractivity contribution is 7.47. The molecule has 0 saturated carbocycles. The van der Waals surface area contributed by atoms with Crippen molar-refractivity contribution in [1.29, 1.82) is 0 Å². The van der Waals surface area contributed by atoms with Gasteiger partial charge in [-0.1, -0.05) is 226 Å². The van der Waals surface area contributed by atoms with E-state index in [0.29, 0.717) is 25.7 Å². The number of carbonyl (C=O) groups excluding carboxylic acids is 3. The van der Waals surface area contributed by atoms with Gasteiger partial charge in [-0.25, -0.2) is 4.57 Å². The van der Waals surface area contributed by atoms with E-state index in [0.717, 1.165) is 109 Å². The van der Waals surface area contributed by atoms with E-state index in [4.69, 9.17) is 23.3 Å². The molecule has 3 atom stereocenters. The van der Waals surface area contributed by atoms with Gasteiger partial charge in [0, 0.05) is 19.3 Å². The molecule has 0 aliphatic carbocycles. The second-order valence-electron chi connectivity index (χ2n) is 20.1. The summed E-state index contributed by atoms with van der Waals surface area (Å²) in [5.74, 6) is -1.56. The van der Waals surface area contributed by atoms with Crippen LogP contribution >= 0.6 is 7.82 Å². The molecule has 0 aliphatic heterocycles. The summed E-state index contributed by atoms with van der Waals surface area (Å²) in [6.07, 6.45) is 71.9. The normalized spacial score (nSPS) is 14.1. The van der Waals surface area contributed by atoms with Gasteiger partial charge in [-0.05, 0) is 116 Å². The van der Waals surface area contributed by atoms with Gasteiger partial charge in [-0.2, -0.15) is 0 Å². The van der Waals surface area contributed by atoms with Crippen LogP contribution in [0.2, 0.25) is 0 Å². The summed E-state index contributed by atoms with van der Waals surface area (Å²) in [5, 5.41) is 9.84. The van der Waals surface area contributed by atoms with Crippen LogP contribution in [-0.2, 0) is 42.2 Å². The molecule has 0 rings (SSSR count). The summed E-state index contributed by atoms with van der Waals surface area (Å²) >= 11 is 0. The number of carbonyl (C=O) groups is 3. The number of rotatable bonds is 56. The van der Waals surface area contributed by atoms with Crippen LogP contribution in [0.5, 0.6) is 0 Å². The highest BCUT2D eigenvalue weighted by atomic mass is 31.2. The van der Waals surface area contributed by atoms with Crippen molar-refractivity contribution < 1.29 is 52.2 Å². The zero-order valence-electron chi connectivity index (χ0n) is 49.3. The van der Waals surface area contributed by atoms with Crippen molar-refractivity contribution >= 4 is 25.7 Å². The molecule has 446 valence electrons. The van der Waals surface area contributed by atoms with Crippen LogP contribution in [0, 0.1) is 0 Å². The van der Waals surface area contributed by atoms with Crippen LogP contribution in [0.4, 0.5) is 0 Å². The second kappa shape index (κ2) is 59.3. The molecule has 12 heteroatoms. The predicted molar refractivity (Wildman–Crippen MR) is 325 cm³/mol. The second-order valence-corrected chi connectivity index (χ2v) is 21.6. The lowest BCUT2D eigenvalue weighted by Crippen LogP contribution is -2.30. The van der Waals surface area contributed by atoms with Crippen molar-refractivity contribution in [2.45, 2.75) is 264 Å². The monoisotopic (exact) mass is 1110 g/mol. The summed E-state index contributed by atoms with van der Waals surface area (Å²) < 4.78 is 39.6. The molecular weight excluding hydrogens is 1000 g/mol. The van der Waals surface area contributed by atoms with E-state index < -0.39 is 57.8 Å². The van der Waals surface area contributed by atoms with Gasteiger partial charge in [0.1, 0.15) is 12.7 Å². The van der Waals surface area contributed by atoms with Crippen molar-refractivity contribution in [2.75, 3.05) is 26.4 Å². The topological polar surface area (TPSA) is 155 Å². The Kier molecular flexibility index (Phi) is 56.3. The highest BCUT2D eigenvalue weighted by Crippen LogP contribution is 2.43. The number of esters is 3. The molecule has 0 aliphatic rings. The van der Waals surface area contributed by atoms with Gasteiger partial charge in [0.05, 0.1) is 19.8 Å². The van der Waals surface area contributed by atoms with Gasteiger partial charge in [0.15, 0.2) is 6.10 Å². The minimum Gasteiger partial charge on any atom is -0.462 e. The zero-order valence-corrected chi connectivity index (χ0v) is 50.2. The molecule has 0 aromatic carbocycles. The Morgan fingerprint density at radius 2 is 0.679 bits per heavy atom. The standard InChI is InChI=1S/C66H111O11P/c1-4-7-10-13-16-19-22-25-28-31-34-37-40-43-46-49-52-55-64(68)73-59-63(77-66(70)57-54-51-48-45-42-39-36-33-30-27-24-21-18-15-12-9-6-3)61-75-78(71,72)74-60-62(58-67)76-65(69)56-53-50-47-44-41-38-35-32-29-26-23-20-17-14-11-8-5-2/h7,9-10,12,16,18-19,21,25-30,36,39,45,48,62-63,67H,4-6,8,11,13-15,17,20,22-24,31-35,37-38,40-44,46-47,49-61H2,1-3H3,(H,71,72)/b10-7-,12-9-,19-16-,21-18-,28-25-,29-26-,30-27-,39-36-,48-45-. The molecule has 2 N–H and O–H groups in total. The van der Waals surface area contributed by atoms with E-state index in [9.17, 15) is 28.9 Å². The number of ether oxygens (including phenoxy) is 3. The molecular formula is C66H111O11P. The first-order valence-electron chi connectivity index (χ1n) is 30.8. The van der Waals surface area contributed by atoms with Crippen LogP contribution in [-0.4, -0.2) is 66.5 Å². The maximum atomic E-state index is 12.9. The predicted octanol–water partition coefficient (Wildman–Crippen LogP) is 18.6. The zero-order chi connectivity index (χ0) is 56.9. The van der Waals surface area contributed by atoms with E-state index in [1.807, 2.05) is 12.2 Å². The number of phosphoric ester groups is 1. The maximum absolute atomic E-state index is 12.9. The van der Waals surface area contributed by atoms with Crippen molar-refractivity contribution in [3.05, 3.63) is 109 Å². The fourth-order valence-electron chi connectivity index (χ4n) is 8.05. The number of unbranched alkanes of at least 4 members (excludes halogenated alkanes) is 21. The summed E-state index contributed by atoms with van der Waals surface area (Å²) in [6, 6.07) is 0. The average molecular weight is 1110 g/mol. The fourth-order valence-corrected chi connectivity index (χ4v) is 8.83. The quantitative estimate of drug-likeness (QED) is 0.0197. The SMILES string of the molecule is CC/C=C\C/C=C\C/C=C\C/C=C\C/C=C\CCCC(=O)OC(COC(=O)CCCCCCCCC/C=C\C/C=C\C/C=C\CC)COP(=O)(O)OCC(CO)OC(=O)CCCCCCCCC/C=C\CCCCCCCC. The summed E-state index contributed by atoms with van der Waals surface area (Å²) in [7, 11) is -4.78. The third-order valence-corrected chi connectivity index (χ3v) is 13.6. The lowest BCUT2D eigenvalue weighted by atomic mass is 10.1. The molecule has 3 unspecified atom stereocenters. The smallest absolute Gasteiger partial charge is 0.462 e. The number of hydrogen-bond acceptors (Lipinski definition) is 10. The molecule has 0 radical (unpaired) electrons. The van der Waals surface area contributed by atoms with Gasteiger partial charge in [-0.15, -0.1) is 0 Å². The van der Waals surface area contributed by atoms with E-state index in [-0.39, 0.29) is 25.9 Å². The van der Waals surface area contributed by atoms with Crippen molar-refractivity contribution in [3.63, 3.8) is 0 Å². The van der Waals surface area contributed by atoms with Gasteiger partial charge in [0.25, 0.3) is 0 Å². The van der Waals surface area contributed by atoms with Gasteiger partial charge in [0.2, 0.25) is 0 Å². The molecule has 0 heterocycles. The molecule has 0 spiro atoms. The highest BCUT2D eigenvalue weighted by Gasteiger charge is 2.28. The van der Waals surface area contributed by atoms with E-state index in [1.54, 1.807) is 0 Å². The molecule has 0 amide bonds. The van der Waals surface area contributed by atoms with Gasteiger partial charge in [-0.3, -0.25) is 23.4 Å². The first kappa shape index (κ1) is 74.1. The summed E-state index contributed by atoms with van der Waals surface area (Å²) in [6.45, 7) is 4.35. The first-order chi connectivity index (χ1) is 38.2. The third kappa shape index (κ3) is 56.8. The Balaban J connectivity index is 4.80. The van der Waals surface area contributed by atoms with Gasteiger partial charge < -0.3 is 24.2 Å². The van der Waals surface area contributed by atoms with E-state index >= 15 is 0 Å². The third-order valence-electron chi connectivity index (χ3n) is 12.7. The lowest BCUT2D eigenvalue weighted by molar-refractivity contribution is -0.161. The first-order valence-corrected chi connectivity index (χ1v) is 32.3. The molecule has 0 aromatic heterocycles. The largest absolute Gasteiger partial charge is 0.472 e. The maximum Gasteiger partial charge on any atom is 0.472 e. The van der Waals surface area contributed by atoms with Crippen LogP contribution in [0.1, 0.15) is 252 Å². The fraction of sp³-hybridized carbons (Fsp3) is 0.682. The molecule has 0 fully saturated rings. The van der Waals surface area contributed by atoms with Crippen LogP contribution in [0.15, 0.2) is 109 Å². The number of hydrogen-bond donors (Lipinski definition) is 2. The Labute approximate surface area is 475 Å². The minimum absolute atomic E-state index is 0.0821. The number of allylic oxidation sites excluding steroid dienone is 18. The number of phosphoric acid groups is 1. The molecule has 0 saturated heterocycles. The van der Waals surface area contributed by atoms with E-state index in [2.05, 4.69) is 118 Å². The Hall–Kier alpha value is -3.86. The number of aliphatic hydroxyl groups excluding tert-OH is 1. The molecule has 78 heavy (non-hydrogen) atoms. The van der Waals surface area contributed by atoms with Gasteiger partial charge >= 0.3 is 25.7 Å². The van der Waals surface area contributed by atoms with Crippen molar-refractivity contribution in [1.82, 2.24) is 0 Å². The van der Waals surface area contributed by atoms with Crippen LogP contribution < -0.4 is 0 Å². The molecule has 0 bridgehead atoms. The summed E-state index contributed by atoms with van der Waals surface area (Å²) in [4.78, 5) is 48.7. The minimum atomic E-state index is -4.78. The molecule has 11 nitrogen and oxygen atoms in total. The average Bonchev–Trinajstić information content (AvgIpc) is 3.43. The van der Waals surface area contributed by atoms with Crippen molar-refractivity contribution in [2.24, 2.45) is 0 Å². The number of aliphatic hydroxyl groups is 1. The van der Waals surface area contributed by atoms with Crippen LogP contribution in [0.3, 0.4) is 0 Å². The van der Waals surface area contributed by atoms with Crippen LogP contribution in [0.25, 0.3) is 0 Å². The van der Waals surface area contributed by atoms with Crippen molar-refractivity contribution in [3.8, 4) is 0 Å². The molecule has 0 aromatic rings. The van der Waals surface area contributed by atoms with E-state index in [1.165, 1.54) is 77.0 Å². The Morgan fingerprint density at radius 3 is 1.09 bits per heavy atom. The Morgan fingerprint density at radius 1 is 0.372 bits per heavy atom. The lowest BCUT2D eigenvalue weighted by Gasteiger charge is -2.21.